The van der Waals surface area contributed by atoms with Gasteiger partial charge < -0.3 is 10.2 Å². The maximum absolute atomic E-state index is 9.53. The number of rotatable bonds is 1. The van der Waals surface area contributed by atoms with E-state index in [1.54, 1.807) is 0 Å². The van der Waals surface area contributed by atoms with Crippen LogP contribution in [0.15, 0.2) is 0 Å². The van der Waals surface area contributed by atoms with Gasteiger partial charge in [0.25, 0.3) is 0 Å². The first-order valence-corrected chi connectivity index (χ1v) is 5.60. The van der Waals surface area contributed by atoms with Crippen molar-refractivity contribution < 1.29 is 10.2 Å². The molecule has 0 heterocycles. The van der Waals surface area contributed by atoms with Gasteiger partial charge in [-0.2, -0.15) is 0 Å². The SMILES string of the molecule is OC(O)C12CCC(C1)C1CCCC12. The fraction of sp³-hybridized carbons (Fsp3) is 1.00. The topological polar surface area (TPSA) is 40.5 Å². The molecule has 0 aromatic heterocycles. The Hall–Kier alpha value is -0.0800. The van der Waals surface area contributed by atoms with Crippen molar-refractivity contribution in [1.82, 2.24) is 0 Å². The standard InChI is InChI=1S/C11H18O2/c12-10(13)11-5-4-7(6-11)8-2-1-3-9(8)11/h7-10,12-13H,1-6H2. The van der Waals surface area contributed by atoms with Crippen LogP contribution in [0.25, 0.3) is 0 Å². The lowest BCUT2D eigenvalue weighted by Crippen LogP contribution is -2.38. The van der Waals surface area contributed by atoms with Gasteiger partial charge >= 0.3 is 0 Å². The van der Waals surface area contributed by atoms with Gasteiger partial charge in [-0.3, -0.25) is 0 Å². The lowest BCUT2D eigenvalue weighted by Gasteiger charge is -2.37. The maximum Gasteiger partial charge on any atom is 0.157 e. The molecule has 2 bridgehead atoms. The predicted molar refractivity (Wildman–Crippen MR) is 48.8 cm³/mol. The van der Waals surface area contributed by atoms with Gasteiger partial charge in [0, 0.05) is 5.41 Å². The summed E-state index contributed by atoms with van der Waals surface area (Å²) < 4.78 is 0. The van der Waals surface area contributed by atoms with E-state index in [4.69, 9.17) is 0 Å². The van der Waals surface area contributed by atoms with Crippen LogP contribution in [-0.4, -0.2) is 16.5 Å². The quantitative estimate of drug-likeness (QED) is 0.603. The van der Waals surface area contributed by atoms with Crippen molar-refractivity contribution in [1.29, 1.82) is 0 Å². The highest BCUT2D eigenvalue weighted by molar-refractivity contribution is 5.08. The average Bonchev–Trinajstić information content (AvgIpc) is 2.76. The highest BCUT2D eigenvalue weighted by Gasteiger charge is 2.61. The smallest absolute Gasteiger partial charge is 0.157 e. The first kappa shape index (κ1) is 8.25. The van der Waals surface area contributed by atoms with Gasteiger partial charge in [-0.25, -0.2) is 0 Å². The van der Waals surface area contributed by atoms with E-state index in [1.165, 1.54) is 25.7 Å². The molecule has 0 spiro atoms. The molecular formula is C11H18O2. The summed E-state index contributed by atoms with van der Waals surface area (Å²) in [5.41, 5.74) is -0.0775. The van der Waals surface area contributed by atoms with Crippen LogP contribution < -0.4 is 0 Å². The van der Waals surface area contributed by atoms with Gasteiger partial charge in [0.1, 0.15) is 0 Å². The summed E-state index contributed by atoms with van der Waals surface area (Å²) in [5, 5.41) is 19.1. The van der Waals surface area contributed by atoms with E-state index in [-0.39, 0.29) is 5.41 Å². The molecule has 3 fully saturated rings. The van der Waals surface area contributed by atoms with Crippen LogP contribution >= 0.6 is 0 Å². The van der Waals surface area contributed by atoms with Gasteiger partial charge in [-0.15, -0.1) is 0 Å². The van der Waals surface area contributed by atoms with Crippen LogP contribution in [0, 0.1) is 23.2 Å². The number of aliphatic hydroxyl groups excluding tert-OH is 1. The second-order valence-electron chi connectivity index (χ2n) is 5.31. The molecule has 0 saturated heterocycles. The summed E-state index contributed by atoms with van der Waals surface area (Å²) in [7, 11) is 0. The largest absolute Gasteiger partial charge is 0.368 e. The normalized spacial score (nSPS) is 53.3. The van der Waals surface area contributed by atoms with Crippen LogP contribution in [0.5, 0.6) is 0 Å². The summed E-state index contributed by atoms with van der Waals surface area (Å²) in [6.07, 6.45) is 6.28. The molecule has 13 heavy (non-hydrogen) atoms. The molecule has 2 heteroatoms. The molecule has 3 aliphatic rings. The van der Waals surface area contributed by atoms with E-state index >= 15 is 0 Å². The molecule has 2 N–H and O–H groups in total. The second-order valence-corrected chi connectivity index (χ2v) is 5.31. The second kappa shape index (κ2) is 2.48. The predicted octanol–water partition coefficient (Wildman–Crippen LogP) is 1.51. The van der Waals surface area contributed by atoms with Gasteiger partial charge in [0.2, 0.25) is 0 Å². The number of hydrogen-bond donors (Lipinski definition) is 2. The Bertz CT molecular complexity index is 226. The van der Waals surface area contributed by atoms with Gasteiger partial charge in [-0.05, 0) is 49.9 Å². The molecule has 0 aromatic carbocycles. The third kappa shape index (κ3) is 0.861. The number of aliphatic hydroxyl groups is 2. The van der Waals surface area contributed by atoms with Crippen molar-refractivity contribution in [3.63, 3.8) is 0 Å². The Morgan fingerprint density at radius 3 is 2.77 bits per heavy atom. The van der Waals surface area contributed by atoms with E-state index in [9.17, 15) is 10.2 Å². The van der Waals surface area contributed by atoms with E-state index in [0.717, 1.165) is 24.7 Å². The molecular weight excluding hydrogens is 164 g/mol. The average molecular weight is 182 g/mol. The van der Waals surface area contributed by atoms with Gasteiger partial charge in [0.15, 0.2) is 6.29 Å². The minimum Gasteiger partial charge on any atom is -0.368 e. The number of hydrogen-bond acceptors (Lipinski definition) is 2. The van der Waals surface area contributed by atoms with E-state index in [2.05, 4.69) is 0 Å². The van der Waals surface area contributed by atoms with Crippen molar-refractivity contribution in [3.8, 4) is 0 Å². The van der Waals surface area contributed by atoms with Crippen molar-refractivity contribution >= 4 is 0 Å². The van der Waals surface area contributed by atoms with Crippen LogP contribution in [0.2, 0.25) is 0 Å². The molecule has 4 atom stereocenters. The van der Waals surface area contributed by atoms with Crippen LogP contribution in [0.3, 0.4) is 0 Å². The molecule has 3 rings (SSSR count). The molecule has 74 valence electrons. The molecule has 0 amide bonds. The summed E-state index contributed by atoms with van der Waals surface area (Å²) in [6, 6.07) is 0. The fourth-order valence-electron chi connectivity index (χ4n) is 4.54. The van der Waals surface area contributed by atoms with Crippen molar-refractivity contribution in [2.75, 3.05) is 0 Å². The third-order valence-electron chi connectivity index (χ3n) is 5.05. The molecule has 2 nitrogen and oxygen atoms in total. The highest BCUT2D eigenvalue weighted by Crippen LogP contribution is 2.66. The van der Waals surface area contributed by atoms with Crippen molar-refractivity contribution in [3.05, 3.63) is 0 Å². The summed E-state index contributed by atoms with van der Waals surface area (Å²) in [4.78, 5) is 0. The molecule has 0 aliphatic heterocycles. The van der Waals surface area contributed by atoms with Crippen LogP contribution in [-0.2, 0) is 0 Å². The Balaban J connectivity index is 1.96. The molecule has 0 radical (unpaired) electrons. The minimum atomic E-state index is -1.05. The fourth-order valence-corrected chi connectivity index (χ4v) is 4.54. The molecule has 0 aromatic rings. The molecule has 3 saturated carbocycles. The van der Waals surface area contributed by atoms with Gasteiger partial charge in [-0.1, -0.05) is 6.42 Å². The van der Waals surface area contributed by atoms with E-state index in [1.807, 2.05) is 0 Å². The zero-order valence-electron chi connectivity index (χ0n) is 7.95. The summed E-state index contributed by atoms with van der Waals surface area (Å²) in [6.45, 7) is 0. The first-order valence-electron chi connectivity index (χ1n) is 5.60. The van der Waals surface area contributed by atoms with Crippen molar-refractivity contribution in [2.45, 2.75) is 44.8 Å². The van der Waals surface area contributed by atoms with Gasteiger partial charge in [0.05, 0.1) is 0 Å². The summed E-state index contributed by atoms with van der Waals surface area (Å²) in [5.74, 6) is 2.32. The lowest BCUT2D eigenvalue weighted by molar-refractivity contribution is -0.152. The highest BCUT2D eigenvalue weighted by atomic mass is 16.5. The zero-order valence-corrected chi connectivity index (χ0v) is 7.95. The monoisotopic (exact) mass is 182 g/mol. The van der Waals surface area contributed by atoms with E-state index < -0.39 is 6.29 Å². The third-order valence-corrected chi connectivity index (χ3v) is 5.05. The number of fused-ring (bicyclic) bond motifs is 5. The molecule has 4 unspecified atom stereocenters. The first-order chi connectivity index (χ1) is 6.24. The summed E-state index contributed by atoms with van der Waals surface area (Å²) >= 11 is 0. The lowest BCUT2D eigenvalue weighted by atomic mass is 9.71. The Morgan fingerprint density at radius 2 is 2.00 bits per heavy atom. The Labute approximate surface area is 79.0 Å². The Morgan fingerprint density at radius 1 is 1.15 bits per heavy atom. The zero-order chi connectivity index (χ0) is 9.05. The minimum absolute atomic E-state index is 0.0775. The van der Waals surface area contributed by atoms with Crippen LogP contribution in [0.1, 0.15) is 38.5 Å². The van der Waals surface area contributed by atoms with Crippen LogP contribution in [0.4, 0.5) is 0 Å². The molecule has 3 aliphatic carbocycles. The maximum atomic E-state index is 9.53. The van der Waals surface area contributed by atoms with Crippen molar-refractivity contribution in [2.24, 2.45) is 23.2 Å². The van der Waals surface area contributed by atoms with E-state index in [0.29, 0.717) is 5.92 Å². The Kier molecular flexibility index (Phi) is 1.58.